The van der Waals surface area contributed by atoms with Crippen LogP contribution in [0.2, 0.25) is 0 Å². The van der Waals surface area contributed by atoms with E-state index in [2.05, 4.69) is 30.4 Å². The lowest BCUT2D eigenvalue weighted by Crippen LogP contribution is -2.51. The number of amides is 1. The molecule has 1 saturated heterocycles. The fraction of sp³-hybridized carbons (Fsp3) is 0.600. The molecule has 0 saturated carbocycles. The van der Waals surface area contributed by atoms with Crippen molar-refractivity contribution in [1.82, 2.24) is 5.32 Å². The number of nitrogens with zero attached hydrogens (tertiary/aromatic N) is 1. The number of carbonyl (C=O) groups excluding carboxylic acids is 1. The molecule has 3 atom stereocenters. The van der Waals surface area contributed by atoms with Crippen LogP contribution in [0.5, 0.6) is 0 Å². The van der Waals surface area contributed by atoms with E-state index in [1.165, 1.54) is 11.1 Å². The van der Waals surface area contributed by atoms with Gasteiger partial charge in [0.1, 0.15) is 5.54 Å². The Bertz CT molecular complexity index is 637. The highest BCUT2D eigenvalue weighted by Crippen LogP contribution is 2.29. The number of hydrogen-bond acceptors (Lipinski definition) is 3. The maximum Gasteiger partial charge on any atom is 0.221 e. The Morgan fingerprint density at radius 1 is 1.42 bits per heavy atom. The van der Waals surface area contributed by atoms with Crippen LogP contribution in [0.4, 0.5) is 0 Å². The minimum Gasteiger partial charge on any atom is -0.378 e. The summed E-state index contributed by atoms with van der Waals surface area (Å²) in [5.74, 6) is 0.382. The third kappa shape index (κ3) is 3.79. The average molecular weight is 326 g/mol. The number of benzene rings is 1. The Kier molecular flexibility index (Phi) is 5.20. The lowest BCUT2D eigenvalue weighted by atomic mass is 9.78. The molecule has 0 radical (unpaired) electrons. The molecule has 3 rings (SSSR count). The zero-order valence-corrected chi connectivity index (χ0v) is 14.4. The van der Waals surface area contributed by atoms with Gasteiger partial charge in [0, 0.05) is 19.4 Å². The maximum atomic E-state index is 12.5. The van der Waals surface area contributed by atoms with E-state index in [1.54, 1.807) is 0 Å². The highest BCUT2D eigenvalue weighted by molar-refractivity contribution is 5.77. The number of aryl methyl sites for hydroxylation is 1. The predicted molar refractivity (Wildman–Crippen MR) is 92.3 cm³/mol. The van der Waals surface area contributed by atoms with Crippen LogP contribution in [0, 0.1) is 17.2 Å². The van der Waals surface area contributed by atoms with Crippen LogP contribution >= 0.6 is 0 Å². The van der Waals surface area contributed by atoms with Crippen molar-refractivity contribution >= 4 is 5.91 Å². The highest BCUT2D eigenvalue weighted by atomic mass is 16.5. The SMILES string of the molecule is CCC1CC(CC(=O)NC2(C#N)CCc3ccccc3C2)CCO1. The minimum atomic E-state index is -0.749. The van der Waals surface area contributed by atoms with Gasteiger partial charge in [-0.15, -0.1) is 0 Å². The Morgan fingerprint density at radius 3 is 2.96 bits per heavy atom. The van der Waals surface area contributed by atoms with Gasteiger partial charge < -0.3 is 10.1 Å². The van der Waals surface area contributed by atoms with Crippen molar-refractivity contribution in [3.8, 4) is 6.07 Å². The molecule has 1 amide bonds. The summed E-state index contributed by atoms with van der Waals surface area (Å²) in [7, 11) is 0. The summed E-state index contributed by atoms with van der Waals surface area (Å²) in [5.41, 5.74) is 1.73. The molecule has 4 nitrogen and oxygen atoms in total. The monoisotopic (exact) mass is 326 g/mol. The Labute approximate surface area is 144 Å². The van der Waals surface area contributed by atoms with E-state index >= 15 is 0 Å². The van der Waals surface area contributed by atoms with Crippen LogP contribution in [-0.2, 0) is 22.4 Å². The summed E-state index contributed by atoms with van der Waals surface area (Å²) in [6.07, 6.45) is 5.82. The fourth-order valence-electron chi connectivity index (χ4n) is 3.97. The molecule has 0 spiro atoms. The molecule has 1 aliphatic heterocycles. The molecule has 1 fully saturated rings. The molecule has 1 heterocycles. The molecule has 1 aromatic carbocycles. The molecule has 1 aliphatic carbocycles. The first kappa shape index (κ1) is 17.0. The lowest BCUT2D eigenvalue weighted by molar-refractivity contribution is -0.124. The first-order valence-corrected chi connectivity index (χ1v) is 9.05. The number of nitrogens with one attached hydrogen (secondary N) is 1. The summed E-state index contributed by atoms with van der Waals surface area (Å²) in [4.78, 5) is 12.5. The average Bonchev–Trinajstić information content (AvgIpc) is 2.61. The molecular weight excluding hydrogens is 300 g/mol. The van der Waals surface area contributed by atoms with Crippen molar-refractivity contribution in [2.45, 2.75) is 63.5 Å². The van der Waals surface area contributed by atoms with E-state index in [4.69, 9.17) is 4.74 Å². The number of nitriles is 1. The molecule has 0 bridgehead atoms. The number of fused-ring (bicyclic) bond motifs is 1. The van der Waals surface area contributed by atoms with Crippen molar-refractivity contribution in [2.24, 2.45) is 5.92 Å². The molecule has 0 aromatic heterocycles. The van der Waals surface area contributed by atoms with E-state index in [0.29, 0.717) is 25.2 Å². The van der Waals surface area contributed by atoms with Crippen LogP contribution in [0.3, 0.4) is 0 Å². The minimum absolute atomic E-state index is 0.0117. The van der Waals surface area contributed by atoms with Crippen LogP contribution in [-0.4, -0.2) is 24.2 Å². The number of carbonyl (C=O) groups is 1. The molecular formula is C20H26N2O2. The second-order valence-corrected chi connectivity index (χ2v) is 7.18. The summed E-state index contributed by atoms with van der Waals surface area (Å²) < 4.78 is 5.68. The molecule has 3 unspecified atom stereocenters. The van der Waals surface area contributed by atoms with E-state index in [1.807, 2.05) is 12.1 Å². The quantitative estimate of drug-likeness (QED) is 0.924. The lowest BCUT2D eigenvalue weighted by Gasteiger charge is -2.34. The van der Waals surface area contributed by atoms with Gasteiger partial charge in [0.15, 0.2) is 0 Å². The van der Waals surface area contributed by atoms with Gasteiger partial charge in [-0.1, -0.05) is 31.2 Å². The largest absolute Gasteiger partial charge is 0.378 e. The second kappa shape index (κ2) is 7.36. The van der Waals surface area contributed by atoms with Crippen LogP contribution in [0.25, 0.3) is 0 Å². The molecule has 4 heteroatoms. The summed E-state index contributed by atoms with van der Waals surface area (Å²) in [6, 6.07) is 10.6. The predicted octanol–water partition coefficient (Wildman–Crippen LogP) is 3.15. The van der Waals surface area contributed by atoms with E-state index in [9.17, 15) is 10.1 Å². The second-order valence-electron chi connectivity index (χ2n) is 7.18. The Balaban J connectivity index is 1.61. The smallest absolute Gasteiger partial charge is 0.221 e. The first-order valence-electron chi connectivity index (χ1n) is 9.05. The zero-order chi connectivity index (χ0) is 17.0. The van der Waals surface area contributed by atoms with Crippen molar-refractivity contribution in [3.63, 3.8) is 0 Å². The fourth-order valence-corrected chi connectivity index (χ4v) is 3.97. The van der Waals surface area contributed by atoms with E-state index in [-0.39, 0.29) is 12.0 Å². The Morgan fingerprint density at radius 2 is 2.21 bits per heavy atom. The van der Waals surface area contributed by atoms with Gasteiger partial charge in [-0.2, -0.15) is 5.26 Å². The number of rotatable bonds is 4. The highest BCUT2D eigenvalue weighted by Gasteiger charge is 2.36. The van der Waals surface area contributed by atoms with Crippen molar-refractivity contribution in [3.05, 3.63) is 35.4 Å². The standard InChI is InChI=1S/C20H26N2O2/c1-2-18-11-15(8-10-24-18)12-19(23)22-20(14-21)9-7-16-5-3-4-6-17(16)13-20/h3-6,15,18H,2,7-13H2,1H3,(H,22,23). The van der Waals surface area contributed by atoms with Gasteiger partial charge in [0.25, 0.3) is 0 Å². The summed E-state index contributed by atoms with van der Waals surface area (Å²) in [6.45, 7) is 2.87. The van der Waals surface area contributed by atoms with E-state index < -0.39 is 5.54 Å². The maximum absolute atomic E-state index is 12.5. The summed E-state index contributed by atoms with van der Waals surface area (Å²) >= 11 is 0. The van der Waals surface area contributed by atoms with E-state index in [0.717, 1.165) is 32.3 Å². The van der Waals surface area contributed by atoms with Crippen LogP contribution in [0.1, 0.15) is 50.2 Å². The van der Waals surface area contributed by atoms with Crippen LogP contribution in [0.15, 0.2) is 24.3 Å². The van der Waals surface area contributed by atoms with Gasteiger partial charge in [0.2, 0.25) is 5.91 Å². The molecule has 2 aliphatic rings. The van der Waals surface area contributed by atoms with Gasteiger partial charge in [-0.3, -0.25) is 4.79 Å². The van der Waals surface area contributed by atoms with Crippen molar-refractivity contribution in [2.75, 3.05) is 6.61 Å². The number of hydrogen-bond donors (Lipinski definition) is 1. The normalized spacial score (nSPS) is 29.3. The third-order valence-corrected chi connectivity index (χ3v) is 5.43. The Hall–Kier alpha value is -1.86. The topological polar surface area (TPSA) is 62.1 Å². The van der Waals surface area contributed by atoms with Crippen molar-refractivity contribution in [1.29, 1.82) is 5.26 Å². The number of ether oxygens (including phenoxy) is 1. The van der Waals surface area contributed by atoms with Crippen molar-refractivity contribution < 1.29 is 9.53 Å². The molecule has 1 N–H and O–H groups in total. The van der Waals surface area contributed by atoms with Gasteiger partial charge in [-0.05, 0) is 49.1 Å². The summed E-state index contributed by atoms with van der Waals surface area (Å²) in [5, 5.41) is 12.8. The molecule has 128 valence electrons. The van der Waals surface area contributed by atoms with Gasteiger partial charge >= 0.3 is 0 Å². The van der Waals surface area contributed by atoms with Gasteiger partial charge in [0.05, 0.1) is 12.2 Å². The first-order chi connectivity index (χ1) is 11.6. The molecule has 1 aromatic rings. The molecule has 24 heavy (non-hydrogen) atoms. The third-order valence-electron chi connectivity index (χ3n) is 5.43. The van der Waals surface area contributed by atoms with Gasteiger partial charge in [-0.25, -0.2) is 0 Å². The van der Waals surface area contributed by atoms with Crippen LogP contribution < -0.4 is 5.32 Å². The zero-order valence-electron chi connectivity index (χ0n) is 14.4.